The second kappa shape index (κ2) is 13.0. The fourth-order valence-electron chi connectivity index (χ4n) is 4.28. The molecule has 2 atom stereocenters. The number of benzene rings is 3. The van der Waals surface area contributed by atoms with Gasteiger partial charge in [0.2, 0.25) is 0 Å². The average Bonchev–Trinajstić information content (AvgIpc) is 2.81. The number of aliphatic hydroxyl groups excluding tert-OH is 1. The lowest BCUT2D eigenvalue weighted by atomic mass is 9.99. The summed E-state index contributed by atoms with van der Waals surface area (Å²) in [5.74, 6) is -1.28. The highest BCUT2D eigenvalue weighted by Gasteiger charge is 2.24. The summed E-state index contributed by atoms with van der Waals surface area (Å²) < 4.78 is 33.7. The summed E-state index contributed by atoms with van der Waals surface area (Å²) in [6, 6.07) is 15.8. The maximum absolute atomic E-state index is 13.9. The van der Waals surface area contributed by atoms with E-state index in [4.69, 9.17) is 4.74 Å². The van der Waals surface area contributed by atoms with Gasteiger partial charge in [-0.15, -0.1) is 0 Å². The maximum atomic E-state index is 13.9. The third kappa shape index (κ3) is 9.23. The Morgan fingerprint density at radius 3 is 2.32 bits per heavy atom. The van der Waals surface area contributed by atoms with Crippen molar-refractivity contribution in [3.63, 3.8) is 0 Å². The third-order valence-electron chi connectivity index (χ3n) is 5.98. The highest BCUT2D eigenvalue weighted by Crippen LogP contribution is 2.22. The number of aliphatic hydroxyl groups is 1. The Labute approximate surface area is 224 Å². The molecule has 0 heterocycles. The number of hydrogen-bond acceptors (Lipinski definition) is 4. The number of hydrogen-bond donors (Lipinski definition) is 3. The van der Waals surface area contributed by atoms with Gasteiger partial charge in [-0.3, -0.25) is 4.79 Å². The molecule has 38 heavy (non-hydrogen) atoms. The predicted molar refractivity (Wildman–Crippen MR) is 146 cm³/mol. The van der Waals surface area contributed by atoms with E-state index in [0.29, 0.717) is 23.4 Å². The Hall–Kier alpha value is -3.29. The number of rotatable bonds is 11. The van der Waals surface area contributed by atoms with Crippen LogP contribution in [0.25, 0.3) is 0 Å². The Morgan fingerprint density at radius 2 is 1.66 bits per heavy atom. The molecule has 7 heteroatoms. The maximum Gasteiger partial charge on any atom is 0.251 e. The summed E-state index contributed by atoms with van der Waals surface area (Å²) in [5, 5.41) is 17.2. The van der Waals surface area contributed by atoms with Gasteiger partial charge >= 0.3 is 0 Å². The number of aryl methyl sites for hydroxylation is 2. The van der Waals surface area contributed by atoms with Crippen molar-refractivity contribution < 1.29 is 23.4 Å². The molecule has 0 spiro atoms. The molecule has 0 bridgehead atoms. The van der Waals surface area contributed by atoms with Gasteiger partial charge in [0.25, 0.3) is 5.91 Å². The molecular weight excluding hydrogens is 486 g/mol. The van der Waals surface area contributed by atoms with Crippen LogP contribution in [0.15, 0.2) is 60.7 Å². The molecule has 0 aromatic heterocycles. The first-order valence-corrected chi connectivity index (χ1v) is 12.9. The Bertz CT molecular complexity index is 1220. The summed E-state index contributed by atoms with van der Waals surface area (Å²) in [5.41, 5.74) is 3.41. The van der Waals surface area contributed by atoms with E-state index >= 15 is 0 Å². The van der Waals surface area contributed by atoms with E-state index < -0.39 is 35.3 Å². The molecule has 0 aliphatic rings. The lowest BCUT2D eigenvalue weighted by molar-refractivity contribution is 0.0827. The predicted octanol–water partition coefficient (Wildman–Crippen LogP) is 5.50. The molecule has 0 radical (unpaired) electrons. The molecule has 3 rings (SSSR count). The van der Waals surface area contributed by atoms with Gasteiger partial charge in [0.1, 0.15) is 23.0 Å². The van der Waals surface area contributed by atoms with Crippen molar-refractivity contribution in [3.8, 4) is 5.75 Å². The van der Waals surface area contributed by atoms with Crippen LogP contribution >= 0.6 is 0 Å². The molecule has 3 N–H and O–H groups in total. The Balaban J connectivity index is 1.77. The Kier molecular flexibility index (Phi) is 10.00. The molecular formula is C31H38F2N2O3. The fraction of sp³-hybridized carbons (Fsp3) is 0.387. The van der Waals surface area contributed by atoms with Crippen molar-refractivity contribution in [2.45, 2.75) is 71.8 Å². The zero-order valence-electron chi connectivity index (χ0n) is 22.8. The first-order chi connectivity index (χ1) is 17.9. The van der Waals surface area contributed by atoms with Crippen LogP contribution in [0.5, 0.6) is 5.75 Å². The normalized spacial score (nSPS) is 13.2. The molecule has 1 amide bonds. The van der Waals surface area contributed by atoms with Gasteiger partial charge in [-0.05, 0) is 93.1 Å². The van der Waals surface area contributed by atoms with E-state index in [9.17, 15) is 18.7 Å². The van der Waals surface area contributed by atoms with Gasteiger partial charge in [-0.2, -0.15) is 0 Å². The number of nitrogens with one attached hydrogen (secondary N) is 2. The molecule has 3 aromatic carbocycles. The van der Waals surface area contributed by atoms with E-state index in [1.54, 1.807) is 12.1 Å². The van der Waals surface area contributed by atoms with E-state index in [1.165, 1.54) is 17.7 Å². The second-order valence-corrected chi connectivity index (χ2v) is 10.7. The van der Waals surface area contributed by atoms with Gasteiger partial charge in [-0.1, -0.05) is 31.2 Å². The third-order valence-corrected chi connectivity index (χ3v) is 5.98. The van der Waals surface area contributed by atoms with Crippen molar-refractivity contribution in [2.24, 2.45) is 0 Å². The molecule has 0 saturated heterocycles. The molecule has 5 nitrogen and oxygen atoms in total. The smallest absolute Gasteiger partial charge is 0.251 e. The van der Waals surface area contributed by atoms with Crippen LogP contribution in [0.4, 0.5) is 8.78 Å². The van der Waals surface area contributed by atoms with Crippen LogP contribution in [0, 0.1) is 18.6 Å². The average molecular weight is 525 g/mol. The Morgan fingerprint density at radius 1 is 0.974 bits per heavy atom. The second-order valence-electron chi connectivity index (χ2n) is 10.7. The number of carbonyl (C=O) groups excluding carboxylic acids is 1. The fourth-order valence-corrected chi connectivity index (χ4v) is 4.28. The molecule has 0 fully saturated rings. The monoisotopic (exact) mass is 524 g/mol. The minimum atomic E-state index is -1.02. The van der Waals surface area contributed by atoms with Crippen LogP contribution in [0.1, 0.15) is 60.3 Å². The van der Waals surface area contributed by atoms with Gasteiger partial charge in [-0.25, -0.2) is 8.78 Å². The number of carbonyl (C=O) groups is 1. The van der Waals surface area contributed by atoms with Crippen LogP contribution in [-0.2, 0) is 19.4 Å². The van der Waals surface area contributed by atoms with Crippen LogP contribution in [0.2, 0.25) is 0 Å². The van der Waals surface area contributed by atoms with Crippen molar-refractivity contribution in [2.75, 3.05) is 6.54 Å². The number of ether oxygens (including phenoxy) is 1. The van der Waals surface area contributed by atoms with Crippen molar-refractivity contribution in [3.05, 3.63) is 100 Å². The molecule has 0 unspecified atom stereocenters. The lowest BCUT2D eigenvalue weighted by Gasteiger charge is -2.26. The van der Waals surface area contributed by atoms with Crippen LogP contribution in [-0.4, -0.2) is 35.3 Å². The van der Waals surface area contributed by atoms with E-state index in [-0.39, 0.29) is 13.0 Å². The van der Waals surface area contributed by atoms with Crippen LogP contribution < -0.4 is 15.4 Å². The van der Waals surface area contributed by atoms with Gasteiger partial charge < -0.3 is 20.5 Å². The van der Waals surface area contributed by atoms with Gasteiger partial charge in [0.15, 0.2) is 0 Å². The number of amides is 1. The zero-order valence-corrected chi connectivity index (χ0v) is 22.8. The lowest BCUT2D eigenvalue weighted by Crippen LogP contribution is -2.48. The standard InChI is InChI=1S/C31H38F2N2O3/c1-6-21-8-7-9-22(12-21)18-34-19-29(36)28(15-23-13-25(32)17-26(33)14-23)35-30(37)24-10-20(2)11-27(16-24)38-31(3,4)5/h7-14,16-17,28-29,34,36H,6,15,18-19H2,1-5H3,(H,35,37)/t28-,29-/m0/s1. The molecule has 3 aromatic rings. The van der Waals surface area contributed by atoms with Crippen molar-refractivity contribution in [1.82, 2.24) is 10.6 Å². The highest BCUT2D eigenvalue weighted by atomic mass is 19.1. The first-order valence-electron chi connectivity index (χ1n) is 12.9. The molecule has 0 aliphatic carbocycles. The molecule has 204 valence electrons. The topological polar surface area (TPSA) is 70.6 Å². The SMILES string of the molecule is CCc1cccc(CNC[C@H](O)[C@H](Cc2cc(F)cc(F)c2)NC(=O)c2cc(C)cc(OC(C)(C)C)c2)c1. The molecule has 0 saturated carbocycles. The quantitative estimate of drug-likeness (QED) is 0.310. The minimum Gasteiger partial charge on any atom is -0.488 e. The summed E-state index contributed by atoms with van der Waals surface area (Å²) in [7, 11) is 0. The van der Waals surface area contributed by atoms with E-state index in [0.717, 1.165) is 23.6 Å². The van der Waals surface area contributed by atoms with E-state index in [2.05, 4.69) is 29.7 Å². The summed E-state index contributed by atoms with van der Waals surface area (Å²) in [4.78, 5) is 13.3. The molecule has 0 aliphatic heterocycles. The van der Waals surface area contributed by atoms with Crippen molar-refractivity contribution in [1.29, 1.82) is 0 Å². The van der Waals surface area contributed by atoms with E-state index in [1.807, 2.05) is 45.9 Å². The van der Waals surface area contributed by atoms with Crippen molar-refractivity contribution >= 4 is 5.91 Å². The van der Waals surface area contributed by atoms with Crippen LogP contribution in [0.3, 0.4) is 0 Å². The zero-order chi connectivity index (χ0) is 27.9. The largest absolute Gasteiger partial charge is 0.488 e. The highest BCUT2D eigenvalue weighted by molar-refractivity contribution is 5.95. The summed E-state index contributed by atoms with van der Waals surface area (Å²) in [6.45, 7) is 10.4. The summed E-state index contributed by atoms with van der Waals surface area (Å²) in [6.07, 6.45) is -0.0446. The number of halogens is 2. The minimum absolute atomic E-state index is 0.0474. The first kappa shape index (κ1) is 29.3. The van der Waals surface area contributed by atoms with Gasteiger partial charge in [0, 0.05) is 24.7 Å². The van der Waals surface area contributed by atoms with Gasteiger partial charge in [0.05, 0.1) is 12.1 Å². The summed E-state index contributed by atoms with van der Waals surface area (Å²) >= 11 is 0.